The summed E-state index contributed by atoms with van der Waals surface area (Å²) in [5, 5.41) is 5.56. The predicted molar refractivity (Wildman–Crippen MR) is 141 cm³/mol. The van der Waals surface area contributed by atoms with Crippen molar-refractivity contribution in [2.24, 2.45) is 0 Å². The van der Waals surface area contributed by atoms with Crippen LogP contribution in [0.4, 0.5) is 5.82 Å². The van der Waals surface area contributed by atoms with Gasteiger partial charge >= 0.3 is 0 Å². The number of ether oxygens (including phenoxy) is 3. The standard InChI is InChI=1S/C26H25Cl2N5O3/c1-4-10-32-13-26(14-32,35-3)24-22(28)21(23-25(29)30-15-31-33(23)24)16-8-9-19(20(11-16)34-2)36-18-7-5-6-17(27)12-18/h4-9,11-12,15H,1,10,13-14H2,2-3H3,(H2,29,30,31). The fourth-order valence-corrected chi connectivity index (χ4v) is 5.30. The highest BCUT2D eigenvalue weighted by molar-refractivity contribution is 6.35. The first-order valence-corrected chi connectivity index (χ1v) is 12.0. The summed E-state index contributed by atoms with van der Waals surface area (Å²) in [6.07, 6.45) is 3.28. The van der Waals surface area contributed by atoms with E-state index in [1.54, 1.807) is 30.9 Å². The van der Waals surface area contributed by atoms with Gasteiger partial charge in [-0.25, -0.2) is 9.50 Å². The zero-order valence-electron chi connectivity index (χ0n) is 19.9. The van der Waals surface area contributed by atoms with E-state index in [2.05, 4.69) is 21.6 Å². The van der Waals surface area contributed by atoms with Gasteiger partial charge in [0.05, 0.1) is 17.8 Å². The van der Waals surface area contributed by atoms with Crippen LogP contribution in [-0.4, -0.2) is 53.4 Å². The van der Waals surface area contributed by atoms with E-state index < -0.39 is 5.60 Å². The van der Waals surface area contributed by atoms with E-state index in [1.807, 2.05) is 36.4 Å². The van der Waals surface area contributed by atoms with Crippen molar-refractivity contribution in [3.05, 3.63) is 77.2 Å². The van der Waals surface area contributed by atoms with Gasteiger partial charge in [0.2, 0.25) is 0 Å². The number of fused-ring (bicyclic) bond motifs is 1. The van der Waals surface area contributed by atoms with E-state index >= 15 is 0 Å². The Morgan fingerprint density at radius 1 is 1.14 bits per heavy atom. The quantitative estimate of drug-likeness (QED) is 0.307. The minimum atomic E-state index is -0.651. The summed E-state index contributed by atoms with van der Waals surface area (Å²) in [5.41, 5.74) is 8.49. The normalized spacial score (nSPS) is 15.0. The van der Waals surface area contributed by atoms with Gasteiger partial charge in [-0.3, -0.25) is 4.90 Å². The molecule has 2 aromatic carbocycles. The SMILES string of the molecule is C=CCN1CC(OC)(c2c(Cl)c(-c3ccc(Oc4cccc(Cl)c4)c(OC)c3)c3c(N)ncnn23)C1. The van der Waals surface area contributed by atoms with Crippen molar-refractivity contribution in [3.8, 4) is 28.4 Å². The maximum Gasteiger partial charge on any atom is 0.169 e. The van der Waals surface area contributed by atoms with Gasteiger partial charge in [0.25, 0.3) is 0 Å². The lowest BCUT2D eigenvalue weighted by Crippen LogP contribution is -2.60. The van der Waals surface area contributed by atoms with Crippen LogP contribution in [0.3, 0.4) is 0 Å². The Kier molecular flexibility index (Phi) is 6.53. The Balaban J connectivity index is 1.63. The maximum atomic E-state index is 7.09. The first kappa shape index (κ1) is 24.4. The largest absolute Gasteiger partial charge is 0.493 e. The van der Waals surface area contributed by atoms with Crippen molar-refractivity contribution >= 4 is 34.5 Å². The molecule has 0 saturated carbocycles. The molecular weight excluding hydrogens is 501 g/mol. The molecule has 0 radical (unpaired) electrons. The molecule has 2 N–H and O–H groups in total. The molecule has 1 saturated heterocycles. The molecule has 1 fully saturated rings. The van der Waals surface area contributed by atoms with E-state index in [4.69, 9.17) is 43.1 Å². The second kappa shape index (κ2) is 9.63. The highest BCUT2D eigenvalue weighted by Gasteiger charge is 2.49. The minimum Gasteiger partial charge on any atom is -0.493 e. The molecule has 0 amide bonds. The van der Waals surface area contributed by atoms with E-state index in [9.17, 15) is 0 Å². The van der Waals surface area contributed by atoms with Crippen LogP contribution in [0.15, 0.2) is 61.4 Å². The molecule has 10 heteroatoms. The molecule has 36 heavy (non-hydrogen) atoms. The lowest BCUT2D eigenvalue weighted by molar-refractivity contribution is -0.130. The molecule has 5 rings (SSSR count). The maximum absolute atomic E-state index is 7.09. The molecule has 1 aliphatic rings. The van der Waals surface area contributed by atoms with Crippen LogP contribution < -0.4 is 15.2 Å². The Morgan fingerprint density at radius 2 is 1.94 bits per heavy atom. The number of likely N-dealkylation sites (tertiary alicyclic amines) is 1. The van der Waals surface area contributed by atoms with Crippen molar-refractivity contribution in [2.75, 3.05) is 39.6 Å². The van der Waals surface area contributed by atoms with Crippen LogP contribution >= 0.6 is 23.2 Å². The van der Waals surface area contributed by atoms with Gasteiger partial charge in [-0.15, -0.1) is 6.58 Å². The van der Waals surface area contributed by atoms with Crippen LogP contribution in [0, 0.1) is 0 Å². The number of nitrogens with two attached hydrogens (primary N) is 1. The summed E-state index contributed by atoms with van der Waals surface area (Å²) < 4.78 is 19.4. The second-order valence-electron chi connectivity index (χ2n) is 8.53. The fourth-order valence-electron chi connectivity index (χ4n) is 4.67. The minimum absolute atomic E-state index is 0.305. The topological polar surface area (TPSA) is 87.1 Å². The van der Waals surface area contributed by atoms with Crippen molar-refractivity contribution in [3.63, 3.8) is 0 Å². The summed E-state index contributed by atoms with van der Waals surface area (Å²) in [6, 6.07) is 12.7. The molecule has 3 heterocycles. The Morgan fingerprint density at radius 3 is 2.64 bits per heavy atom. The molecule has 0 atom stereocenters. The van der Waals surface area contributed by atoms with E-state index in [-0.39, 0.29) is 0 Å². The molecule has 0 spiro atoms. The van der Waals surface area contributed by atoms with E-state index in [1.165, 1.54) is 6.33 Å². The zero-order valence-corrected chi connectivity index (χ0v) is 21.4. The molecule has 1 aliphatic heterocycles. The van der Waals surface area contributed by atoms with Gasteiger partial charge in [-0.2, -0.15) is 5.10 Å². The smallest absolute Gasteiger partial charge is 0.169 e. The average molecular weight is 526 g/mol. The van der Waals surface area contributed by atoms with Crippen LogP contribution in [-0.2, 0) is 10.3 Å². The van der Waals surface area contributed by atoms with Gasteiger partial charge in [0.15, 0.2) is 17.3 Å². The number of nitrogen functional groups attached to an aromatic ring is 1. The Hall–Kier alpha value is -3.30. The molecule has 2 aromatic heterocycles. The number of rotatable bonds is 8. The second-order valence-corrected chi connectivity index (χ2v) is 9.34. The van der Waals surface area contributed by atoms with Crippen molar-refractivity contribution in [1.82, 2.24) is 19.5 Å². The number of benzene rings is 2. The first-order chi connectivity index (χ1) is 17.4. The number of aromatic nitrogens is 3. The first-order valence-electron chi connectivity index (χ1n) is 11.2. The van der Waals surface area contributed by atoms with Gasteiger partial charge in [-0.1, -0.05) is 41.4 Å². The summed E-state index contributed by atoms with van der Waals surface area (Å²) in [7, 11) is 3.25. The number of halogens is 2. The van der Waals surface area contributed by atoms with Crippen molar-refractivity contribution < 1.29 is 14.2 Å². The fraction of sp³-hybridized carbons (Fsp3) is 0.231. The lowest BCUT2D eigenvalue weighted by atomic mass is 9.89. The molecular formula is C26H25Cl2N5O3. The average Bonchev–Trinajstić information content (AvgIpc) is 3.15. The van der Waals surface area contributed by atoms with Gasteiger partial charge in [0, 0.05) is 37.3 Å². The van der Waals surface area contributed by atoms with Crippen molar-refractivity contribution in [2.45, 2.75) is 5.60 Å². The Labute approximate surface area is 218 Å². The van der Waals surface area contributed by atoms with Gasteiger partial charge in [-0.05, 0) is 35.9 Å². The van der Waals surface area contributed by atoms with Crippen LogP contribution in [0.2, 0.25) is 10.0 Å². The summed E-state index contributed by atoms with van der Waals surface area (Å²) in [5.74, 6) is 1.94. The molecule has 0 bridgehead atoms. The molecule has 4 aromatic rings. The van der Waals surface area contributed by atoms with E-state index in [0.29, 0.717) is 57.3 Å². The predicted octanol–water partition coefficient (Wildman–Crippen LogP) is 5.43. The summed E-state index contributed by atoms with van der Waals surface area (Å²) in [4.78, 5) is 6.43. The highest BCUT2D eigenvalue weighted by atomic mass is 35.5. The third kappa shape index (κ3) is 4.06. The van der Waals surface area contributed by atoms with E-state index in [0.717, 1.165) is 17.8 Å². The van der Waals surface area contributed by atoms with Gasteiger partial charge in [0.1, 0.15) is 23.2 Å². The third-order valence-corrected chi connectivity index (χ3v) is 6.94. The molecule has 186 valence electrons. The zero-order chi connectivity index (χ0) is 25.4. The molecule has 0 aliphatic carbocycles. The monoisotopic (exact) mass is 525 g/mol. The molecule has 8 nitrogen and oxygen atoms in total. The third-order valence-electron chi connectivity index (χ3n) is 6.34. The van der Waals surface area contributed by atoms with Crippen LogP contribution in [0.1, 0.15) is 5.69 Å². The summed E-state index contributed by atoms with van der Waals surface area (Å²) in [6.45, 7) is 5.86. The molecule has 0 unspecified atom stereocenters. The Bertz CT molecular complexity index is 1450. The number of anilines is 1. The van der Waals surface area contributed by atoms with Gasteiger partial charge < -0.3 is 19.9 Å². The number of hydrogen-bond acceptors (Lipinski definition) is 7. The van der Waals surface area contributed by atoms with Crippen LogP contribution in [0.25, 0.3) is 16.6 Å². The van der Waals surface area contributed by atoms with Crippen LogP contribution in [0.5, 0.6) is 17.2 Å². The number of hydrogen-bond donors (Lipinski definition) is 1. The summed E-state index contributed by atoms with van der Waals surface area (Å²) >= 11 is 13.2. The number of nitrogens with zero attached hydrogens (tertiary/aromatic N) is 4. The number of methoxy groups -OCH3 is 2. The van der Waals surface area contributed by atoms with Crippen molar-refractivity contribution in [1.29, 1.82) is 0 Å². The highest BCUT2D eigenvalue weighted by Crippen LogP contribution is 2.48. The lowest BCUT2D eigenvalue weighted by Gasteiger charge is -2.48.